The van der Waals surface area contributed by atoms with E-state index in [2.05, 4.69) is 11.9 Å². The number of unbranched alkanes of at least 4 members (excludes halogenated alkanes) is 1. The molecule has 0 aliphatic carbocycles. The molecule has 0 saturated heterocycles. The molecule has 0 aliphatic rings. The van der Waals surface area contributed by atoms with Gasteiger partial charge in [-0.25, -0.2) is 4.79 Å². The normalized spacial score (nSPS) is 10.7. The zero-order valence-corrected chi connectivity index (χ0v) is 12.0. The maximum atomic E-state index is 11.3. The molecule has 0 aliphatic heterocycles. The number of aromatic nitrogens is 1. The van der Waals surface area contributed by atoms with Crippen molar-refractivity contribution in [3.05, 3.63) is 36.0 Å². The average molecular weight is 289 g/mol. The number of carbonyl (C=O) groups is 1. The van der Waals surface area contributed by atoms with Crippen LogP contribution in [-0.2, 0) is 4.74 Å². The molecule has 1 aromatic heterocycles. The van der Waals surface area contributed by atoms with Crippen molar-refractivity contribution in [3.63, 3.8) is 0 Å². The van der Waals surface area contributed by atoms with Gasteiger partial charge in [-0.15, -0.1) is 0 Å². The van der Waals surface area contributed by atoms with E-state index in [1.165, 1.54) is 6.20 Å². The van der Waals surface area contributed by atoms with Crippen LogP contribution < -0.4 is 4.74 Å². The fourth-order valence-electron chi connectivity index (χ4n) is 1.97. The first-order valence-electron chi connectivity index (χ1n) is 7.05. The van der Waals surface area contributed by atoms with Crippen LogP contribution in [0.2, 0.25) is 0 Å². The SMILES string of the molecule is CCCCOCCOc1c(C(=O)O)cnc2ccccc12. The summed E-state index contributed by atoms with van der Waals surface area (Å²) in [5.74, 6) is -0.692. The number of pyridine rings is 1. The van der Waals surface area contributed by atoms with E-state index in [-0.39, 0.29) is 5.56 Å². The summed E-state index contributed by atoms with van der Waals surface area (Å²) in [5, 5.41) is 9.95. The molecule has 0 amide bonds. The minimum atomic E-state index is -1.05. The van der Waals surface area contributed by atoms with Gasteiger partial charge in [-0.3, -0.25) is 4.98 Å². The van der Waals surface area contributed by atoms with Gasteiger partial charge < -0.3 is 14.6 Å². The fourth-order valence-corrected chi connectivity index (χ4v) is 1.97. The molecule has 2 rings (SSSR count). The predicted octanol–water partition coefficient (Wildman–Crippen LogP) is 3.13. The van der Waals surface area contributed by atoms with Gasteiger partial charge in [-0.1, -0.05) is 25.5 Å². The Morgan fingerprint density at radius 3 is 2.81 bits per heavy atom. The molecule has 1 N–H and O–H groups in total. The van der Waals surface area contributed by atoms with Crippen molar-refractivity contribution in [1.82, 2.24) is 4.98 Å². The summed E-state index contributed by atoms with van der Waals surface area (Å²) < 4.78 is 11.1. The van der Waals surface area contributed by atoms with Gasteiger partial charge in [-0.2, -0.15) is 0 Å². The summed E-state index contributed by atoms with van der Waals surface area (Å²) in [5.41, 5.74) is 0.784. The van der Waals surface area contributed by atoms with Crippen LogP contribution in [-0.4, -0.2) is 35.9 Å². The molecular weight excluding hydrogens is 270 g/mol. The van der Waals surface area contributed by atoms with E-state index in [9.17, 15) is 9.90 Å². The third kappa shape index (κ3) is 3.92. The van der Waals surface area contributed by atoms with Crippen LogP contribution in [0.25, 0.3) is 10.9 Å². The number of carboxylic acids is 1. The molecule has 0 bridgehead atoms. The van der Waals surface area contributed by atoms with Crippen molar-refractivity contribution in [1.29, 1.82) is 0 Å². The van der Waals surface area contributed by atoms with Gasteiger partial charge in [0.25, 0.3) is 0 Å². The smallest absolute Gasteiger partial charge is 0.341 e. The summed E-state index contributed by atoms with van der Waals surface area (Å²) in [6.07, 6.45) is 3.43. The molecular formula is C16H19NO4. The van der Waals surface area contributed by atoms with E-state index in [0.29, 0.717) is 36.5 Å². The van der Waals surface area contributed by atoms with Crippen LogP contribution in [0.3, 0.4) is 0 Å². The second kappa shape index (κ2) is 7.59. The molecule has 0 spiro atoms. The van der Waals surface area contributed by atoms with Gasteiger partial charge in [-0.05, 0) is 18.6 Å². The Balaban J connectivity index is 2.12. The number of hydrogen-bond donors (Lipinski definition) is 1. The van der Waals surface area contributed by atoms with Crippen molar-refractivity contribution in [2.45, 2.75) is 19.8 Å². The number of rotatable bonds is 8. The largest absolute Gasteiger partial charge is 0.490 e. The minimum Gasteiger partial charge on any atom is -0.490 e. The van der Waals surface area contributed by atoms with Crippen molar-refractivity contribution < 1.29 is 19.4 Å². The zero-order valence-electron chi connectivity index (χ0n) is 12.0. The van der Waals surface area contributed by atoms with Crippen LogP contribution in [0.15, 0.2) is 30.5 Å². The van der Waals surface area contributed by atoms with E-state index in [4.69, 9.17) is 9.47 Å². The molecule has 1 aromatic carbocycles. The molecule has 0 radical (unpaired) electrons. The molecule has 1 heterocycles. The number of fused-ring (bicyclic) bond motifs is 1. The molecule has 0 fully saturated rings. The van der Waals surface area contributed by atoms with Crippen molar-refractivity contribution in [2.24, 2.45) is 0 Å². The summed E-state index contributed by atoms with van der Waals surface area (Å²) in [4.78, 5) is 15.4. The lowest BCUT2D eigenvalue weighted by Crippen LogP contribution is -2.11. The van der Waals surface area contributed by atoms with E-state index < -0.39 is 5.97 Å². The van der Waals surface area contributed by atoms with Gasteiger partial charge >= 0.3 is 5.97 Å². The lowest BCUT2D eigenvalue weighted by atomic mass is 10.1. The quantitative estimate of drug-likeness (QED) is 0.756. The summed E-state index contributed by atoms with van der Waals surface area (Å²) in [6, 6.07) is 7.32. The molecule has 0 saturated carbocycles. The zero-order chi connectivity index (χ0) is 15.1. The standard InChI is InChI=1S/C16H19NO4/c1-2-3-8-20-9-10-21-15-12-6-4-5-7-14(12)17-11-13(15)16(18)19/h4-7,11H,2-3,8-10H2,1H3,(H,18,19). The molecule has 5 nitrogen and oxygen atoms in total. The van der Waals surface area contributed by atoms with Crippen LogP contribution in [0, 0.1) is 0 Å². The number of ether oxygens (including phenoxy) is 2. The van der Waals surface area contributed by atoms with Crippen LogP contribution >= 0.6 is 0 Å². The van der Waals surface area contributed by atoms with Crippen molar-refractivity contribution in [3.8, 4) is 5.75 Å². The number of hydrogen-bond acceptors (Lipinski definition) is 4. The second-order valence-electron chi connectivity index (χ2n) is 4.64. The molecule has 0 atom stereocenters. The van der Waals surface area contributed by atoms with E-state index in [1.807, 2.05) is 24.3 Å². The lowest BCUT2D eigenvalue weighted by molar-refractivity contribution is 0.0685. The molecule has 112 valence electrons. The monoisotopic (exact) mass is 289 g/mol. The third-order valence-electron chi connectivity index (χ3n) is 3.07. The van der Waals surface area contributed by atoms with Crippen LogP contribution in [0.4, 0.5) is 0 Å². The number of benzene rings is 1. The number of carboxylic acid groups (broad SMARTS) is 1. The lowest BCUT2D eigenvalue weighted by Gasteiger charge is -2.12. The van der Waals surface area contributed by atoms with Gasteiger partial charge in [0.2, 0.25) is 0 Å². The minimum absolute atomic E-state index is 0.0715. The first-order chi connectivity index (χ1) is 10.2. The summed E-state index contributed by atoms with van der Waals surface area (Å²) in [6.45, 7) is 3.55. The number of aromatic carboxylic acids is 1. The van der Waals surface area contributed by atoms with Crippen molar-refractivity contribution >= 4 is 16.9 Å². The number of para-hydroxylation sites is 1. The third-order valence-corrected chi connectivity index (χ3v) is 3.07. The second-order valence-corrected chi connectivity index (χ2v) is 4.64. The Hall–Kier alpha value is -2.14. The Kier molecular flexibility index (Phi) is 5.51. The maximum Gasteiger partial charge on any atom is 0.341 e. The van der Waals surface area contributed by atoms with E-state index in [0.717, 1.165) is 12.8 Å². The van der Waals surface area contributed by atoms with E-state index in [1.54, 1.807) is 0 Å². The van der Waals surface area contributed by atoms with Gasteiger partial charge in [0.05, 0.1) is 12.1 Å². The van der Waals surface area contributed by atoms with Crippen LogP contribution in [0.5, 0.6) is 5.75 Å². The highest BCUT2D eigenvalue weighted by atomic mass is 16.5. The predicted molar refractivity (Wildman–Crippen MR) is 79.9 cm³/mol. The van der Waals surface area contributed by atoms with Gasteiger partial charge in [0.1, 0.15) is 17.9 Å². The first kappa shape index (κ1) is 15.3. The molecule has 5 heteroatoms. The topological polar surface area (TPSA) is 68.7 Å². The fraction of sp³-hybridized carbons (Fsp3) is 0.375. The van der Waals surface area contributed by atoms with Gasteiger partial charge in [0, 0.05) is 18.2 Å². The Morgan fingerprint density at radius 1 is 1.24 bits per heavy atom. The van der Waals surface area contributed by atoms with Crippen LogP contribution in [0.1, 0.15) is 30.1 Å². The molecule has 0 unspecified atom stereocenters. The van der Waals surface area contributed by atoms with Gasteiger partial charge in [0.15, 0.2) is 0 Å². The molecule has 2 aromatic rings. The highest BCUT2D eigenvalue weighted by molar-refractivity contribution is 5.98. The van der Waals surface area contributed by atoms with E-state index >= 15 is 0 Å². The Morgan fingerprint density at radius 2 is 2.05 bits per heavy atom. The number of nitrogens with zero attached hydrogens (tertiary/aromatic N) is 1. The first-order valence-corrected chi connectivity index (χ1v) is 7.05. The highest BCUT2D eigenvalue weighted by Gasteiger charge is 2.15. The summed E-state index contributed by atoms with van der Waals surface area (Å²) >= 11 is 0. The molecule has 21 heavy (non-hydrogen) atoms. The Labute approximate surface area is 123 Å². The average Bonchev–Trinajstić information content (AvgIpc) is 2.50. The van der Waals surface area contributed by atoms with Crippen molar-refractivity contribution in [2.75, 3.05) is 19.8 Å². The highest BCUT2D eigenvalue weighted by Crippen LogP contribution is 2.28. The Bertz CT molecular complexity index is 612. The maximum absolute atomic E-state index is 11.3. The summed E-state index contributed by atoms with van der Waals surface area (Å²) in [7, 11) is 0.